The number of fused-ring (bicyclic) bond motifs is 2. The Bertz CT molecular complexity index is 601. The van der Waals surface area contributed by atoms with E-state index in [9.17, 15) is 0 Å². The van der Waals surface area contributed by atoms with Crippen LogP contribution in [0.4, 0.5) is 0 Å². The van der Waals surface area contributed by atoms with E-state index in [0.29, 0.717) is 0 Å². The molecule has 0 radical (unpaired) electrons. The predicted molar refractivity (Wildman–Crippen MR) is 85.0 cm³/mol. The van der Waals surface area contributed by atoms with E-state index in [-0.39, 0.29) is 30.4 Å². The van der Waals surface area contributed by atoms with E-state index >= 15 is 0 Å². The lowest BCUT2D eigenvalue weighted by atomic mass is 9.91. The molecule has 5 heteroatoms. The lowest BCUT2D eigenvalue weighted by Gasteiger charge is -2.29. The molecule has 2 aromatic rings. The van der Waals surface area contributed by atoms with E-state index in [0.717, 1.165) is 22.6 Å². The van der Waals surface area contributed by atoms with E-state index in [2.05, 4.69) is 16.0 Å². The summed E-state index contributed by atoms with van der Waals surface area (Å²) in [4.78, 5) is 7.17. The van der Waals surface area contributed by atoms with Crippen molar-refractivity contribution < 1.29 is 4.42 Å². The molecular weight excluding hydrogens is 295 g/mol. The standard InChI is InChI=1S/C15H18N2O.2ClH/c1-11-4-5-13-12(16-11)10-14(18-13)15-6-2-8-17(15)9-3-7-15;;/h4-5,10H,2-3,6-9H2,1H3;2*1H. The zero-order valence-corrected chi connectivity index (χ0v) is 13.2. The highest BCUT2D eigenvalue weighted by atomic mass is 35.5. The Morgan fingerprint density at radius 2 is 1.85 bits per heavy atom. The number of hydrogen-bond donors (Lipinski definition) is 0. The summed E-state index contributed by atoms with van der Waals surface area (Å²) >= 11 is 0. The van der Waals surface area contributed by atoms with Crippen LogP contribution in [-0.2, 0) is 5.54 Å². The van der Waals surface area contributed by atoms with Crippen LogP contribution >= 0.6 is 24.8 Å². The number of rotatable bonds is 1. The molecule has 3 nitrogen and oxygen atoms in total. The molecule has 4 heterocycles. The topological polar surface area (TPSA) is 29.3 Å². The molecule has 2 aliphatic heterocycles. The molecule has 2 aliphatic rings. The highest BCUT2D eigenvalue weighted by Gasteiger charge is 2.47. The largest absolute Gasteiger partial charge is 0.457 e. The summed E-state index contributed by atoms with van der Waals surface area (Å²) in [7, 11) is 0. The van der Waals surface area contributed by atoms with E-state index in [4.69, 9.17) is 4.42 Å². The first kappa shape index (κ1) is 15.6. The Labute approximate surface area is 131 Å². The highest BCUT2D eigenvalue weighted by Crippen LogP contribution is 2.47. The van der Waals surface area contributed by atoms with E-state index < -0.39 is 0 Å². The summed E-state index contributed by atoms with van der Waals surface area (Å²) in [5.41, 5.74) is 3.19. The molecule has 0 atom stereocenters. The van der Waals surface area contributed by atoms with Crippen LogP contribution in [-0.4, -0.2) is 23.0 Å². The summed E-state index contributed by atoms with van der Waals surface area (Å²) in [6, 6.07) is 6.24. The van der Waals surface area contributed by atoms with Gasteiger partial charge in [0.2, 0.25) is 0 Å². The first-order valence-electron chi connectivity index (χ1n) is 6.91. The van der Waals surface area contributed by atoms with Crippen molar-refractivity contribution in [2.45, 2.75) is 38.1 Å². The van der Waals surface area contributed by atoms with E-state index in [1.165, 1.54) is 38.8 Å². The molecule has 110 valence electrons. The van der Waals surface area contributed by atoms with Gasteiger partial charge in [0.05, 0.1) is 5.54 Å². The molecule has 2 aromatic heterocycles. The molecule has 0 N–H and O–H groups in total. The minimum absolute atomic E-state index is 0. The molecule has 2 saturated heterocycles. The van der Waals surface area contributed by atoms with Gasteiger partial charge in [0.25, 0.3) is 0 Å². The third-order valence-electron chi connectivity index (χ3n) is 4.61. The lowest BCUT2D eigenvalue weighted by Crippen LogP contribution is -2.34. The molecule has 0 bridgehead atoms. The average Bonchev–Trinajstić information content (AvgIpc) is 2.99. The fourth-order valence-corrected chi connectivity index (χ4v) is 3.76. The monoisotopic (exact) mass is 314 g/mol. The van der Waals surface area contributed by atoms with Gasteiger partial charge in [-0.05, 0) is 57.8 Å². The molecule has 20 heavy (non-hydrogen) atoms. The third-order valence-corrected chi connectivity index (χ3v) is 4.61. The van der Waals surface area contributed by atoms with E-state index in [1.54, 1.807) is 0 Å². The van der Waals surface area contributed by atoms with Gasteiger partial charge in [-0.25, -0.2) is 4.98 Å². The number of pyridine rings is 1. The van der Waals surface area contributed by atoms with Crippen LogP contribution in [0, 0.1) is 6.92 Å². The normalized spacial score (nSPS) is 20.4. The van der Waals surface area contributed by atoms with Gasteiger partial charge in [0, 0.05) is 11.8 Å². The van der Waals surface area contributed by atoms with Gasteiger partial charge in [-0.2, -0.15) is 0 Å². The lowest BCUT2D eigenvalue weighted by molar-refractivity contribution is 0.166. The fraction of sp³-hybridized carbons (Fsp3) is 0.533. The number of furan rings is 1. The molecule has 4 rings (SSSR count). The number of aromatic nitrogens is 1. The van der Waals surface area contributed by atoms with Gasteiger partial charge in [0.15, 0.2) is 5.58 Å². The summed E-state index contributed by atoms with van der Waals surface area (Å²) in [6.45, 7) is 4.48. The predicted octanol–water partition coefficient (Wildman–Crippen LogP) is 4.06. The summed E-state index contributed by atoms with van der Waals surface area (Å²) < 4.78 is 6.11. The third kappa shape index (κ3) is 2.12. The Balaban J connectivity index is 0.000000735. The number of aryl methyl sites for hydroxylation is 1. The maximum atomic E-state index is 6.11. The SMILES string of the molecule is Cc1ccc2oc(C34CCCN3CCC4)cc2n1.Cl.Cl. The smallest absolute Gasteiger partial charge is 0.152 e. The van der Waals surface area contributed by atoms with Crippen molar-refractivity contribution in [1.82, 2.24) is 9.88 Å². The van der Waals surface area contributed by atoms with Crippen LogP contribution in [0.5, 0.6) is 0 Å². The molecule has 0 saturated carbocycles. The van der Waals surface area contributed by atoms with E-state index in [1.807, 2.05) is 19.1 Å². The van der Waals surface area contributed by atoms with Gasteiger partial charge in [-0.3, -0.25) is 4.90 Å². The molecule has 0 aromatic carbocycles. The van der Waals surface area contributed by atoms with Gasteiger partial charge < -0.3 is 4.42 Å². The molecule has 0 unspecified atom stereocenters. The van der Waals surface area contributed by atoms with Crippen molar-refractivity contribution in [3.05, 3.63) is 29.7 Å². The van der Waals surface area contributed by atoms with Gasteiger partial charge in [-0.1, -0.05) is 0 Å². The molecule has 0 aliphatic carbocycles. The van der Waals surface area contributed by atoms with Crippen LogP contribution in [0.1, 0.15) is 37.1 Å². The Morgan fingerprint density at radius 1 is 1.15 bits per heavy atom. The molecule has 0 amide bonds. The second kappa shape index (κ2) is 5.55. The van der Waals surface area contributed by atoms with Crippen LogP contribution in [0.25, 0.3) is 11.1 Å². The number of halogens is 2. The Kier molecular flexibility index (Phi) is 4.33. The van der Waals surface area contributed by atoms with Crippen molar-refractivity contribution in [3.63, 3.8) is 0 Å². The summed E-state index contributed by atoms with van der Waals surface area (Å²) in [5.74, 6) is 1.14. The minimum Gasteiger partial charge on any atom is -0.457 e. The zero-order chi connectivity index (χ0) is 12.2. The van der Waals surface area contributed by atoms with Crippen molar-refractivity contribution in [3.8, 4) is 0 Å². The van der Waals surface area contributed by atoms with Crippen molar-refractivity contribution >= 4 is 35.9 Å². The first-order chi connectivity index (χ1) is 8.78. The molecule has 2 fully saturated rings. The summed E-state index contributed by atoms with van der Waals surface area (Å²) in [6.07, 6.45) is 5.07. The van der Waals surface area contributed by atoms with Crippen molar-refractivity contribution in [1.29, 1.82) is 0 Å². The van der Waals surface area contributed by atoms with Gasteiger partial charge >= 0.3 is 0 Å². The first-order valence-corrected chi connectivity index (χ1v) is 6.91. The number of hydrogen-bond acceptors (Lipinski definition) is 3. The van der Waals surface area contributed by atoms with Crippen molar-refractivity contribution in [2.75, 3.05) is 13.1 Å². The minimum atomic E-state index is 0. The van der Waals surface area contributed by atoms with Gasteiger partial charge in [-0.15, -0.1) is 24.8 Å². The molecule has 0 spiro atoms. The Hall–Kier alpha value is -0.770. The summed E-state index contributed by atoms with van der Waals surface area (Å²) in [5, 5.41) is 0. The second-order valence-corrected chi connectivity index (χ2v) is 5.67. The fourth-order valence-electron chi connectivity index (χ4n) is 3.76. The van der Waals surface area contributed by atoms with Crippen LogP contribution in [0.3, 0.4) is 0 Å². The maximum Gasteiger partial charge on any atom is 0.152 e. The average molecular weight is 315 g/mol. The zero-order valence-electron chi connectivity index (χ0n) is 11.6. The molecular formula is C15H20Cl2N2O. The maximum absolute atomic E-state index is 6.11. The highest BCUT2D eigenvalue weighted by molar-refractivity contribution is 5.85. The van der Waals surface area contributed by atoms with Crippen LogP contribution in [0.15, 0.2) is 22.6 Å². The number of nitrogens with zero attached hydrogens (tertiary/aromatic N) is 2. The quantitative estimate of drug-likeness (QED) is 0.794. The van der Waals surface area contributed by atoms with Crippen molar-refractivity contribution in [2.24, 2.45) is 0 Å². The van der Waals surface area contributed by atoms with Crippen LogP contribution in [0.2, 0.25) is 0 Å². The van der Waals surface area contributed by atoms with Gasteiger partial charge in [0.1, 0.15) is 11.3 Å². The Morgan fingerprint density at radius 3 is 2.55 bits per heavy atom. The second-order valence-electron chi connectivity index (χ2n) is 5.67. The van der Waals surface area contributed by atoms with Crippen LogP contribution < -0.4 is 0 Å².